The van der Waals surface area contributed by atoms with Gasteiger partial charge in [0.1, 0.15) is 23.2 Å². The lowest BCUT2D eigenvalue weighted by Crippen LogP contribution is -2.50. The number of carbonyl (C=O) groups is 1. The van der Waals surface area contributed by atoms with Crippen LogP contribution < -0.4 is 18.9 Å². The summed E-state index contributed by atoms with van der Waals surface area (Å²) in [6.45, 7) is 0. The van der Waals surface area contributed by atoms with E-state index in [1.807, 2.05) is 48.5 Å². The Balaban J connectivity index is 1.91. The summed E-state index contributed by atoms with van der Waals surface area (Å²) in [6.07, 6.45) is -1.13. The summed E-state index contributed by atoms with van der Waals surface area (Å²) in [5, 5.41) is 25.2. The molecule has 0 radical (unpaired) electrons. The fourth-order valence-electron chi connectivity index (χ4n) is 7.01. The van der Waals surface area contributed by atoms with Crippen LogP contribution in [0.4, 0.5) is 0 Å². The number of aliphatic hydroxyl groups excluding tert-OH is 1. The van der Waals surface area contributed by atoms with E-state index < -0.39 is 29.0 Å². The average molecular weight is 534 g/mol. The van der Waals surface area contributed by atoms with Gasteiger partial charge in [-0.3, -0.25) is 4.79 Å². The van der Waals surface area contributed by atoms with Gasteiger partial charge in [0.05, 0.1) is 34.4 Å². The Morgan fingerprint density at radius 3 is 2.13 bits per heavy atom. The molecule has 1 saturated carbocycles. The van der Waals surface area contributed by atoms with Crippen LogP contribution >= 0.6 is 0 Å². The highest BCUT2D eigenvalue weighted by Gasteiger charge is 2.75. The Morgan fingerprint density at radius 2 is 1.54 bits per heavy atom. The zero-order valence-electron chi connectivity index (χ0n) is 23.1. The molecule has 39 heavy (non-hydrogen) atoms. The zero-order chi connectivity index (χ0) is 28.1. The Morgan fingerprint density at radius 1 is 0.872 bits per heavy atom. The van der Waals surface area contributed by atoms with Crippen LogP contribution in [0.25, 0.3) is 0 Å². The smallest absolute Gasteiger partial charge is 0.228 e. The molecule has 3 aromatic carbocycles. The number of hydrogen-bond donors (Lipinski definition) is 2. The summed E-state index contributed by atoms with van der Waals surface area (Å²) in [5.41, 5.74) is -0.285. The molecule has 0 heterocycles. The van der Waals surface area contributed by atoms with Crippen molar-refractivity contribution in [2.45, 2.75) is 29.5 Å². The highest BCUT2D eigenvalue weighted by molar-refractivity contribution is 5.83. The highest BCUT2D eigenvalue weighted by atomic mass is 16.5. The molecule has 8 heteroatoms. The molecule has 206 valence electrons. The van der Waals surface area contributed by atoms with E-state index in [1.165, 1.54) is 12.0 Å². The second kappa shape index (κ2) is 9.77. The normalized spacial score (nSPS) is 26.9. The van der Waals surface area contributed by atoms with Gasteiger partial charge in [0, 0.05) is 37.1 Å². The SMILES string of the molecule is COc1cc2c(c(OC)c1)[C@]1(O)[C@H](O)[C@H](C(=O)N(C)C)[C@@H](c3ccccc3)[C@]1(c1ccc(OC)c(OC)c1)C2. The summed E-state index contributed by atoms with van der Waals surface area (Å²) >= 11 is 0. The van der Waals surface area contributed by atoms with Gasteiger partial charge in [-0.05, 0) is 41.3 Å². The van der Waals surface area contributed by atoms with Crippen molar-refractivity contribution in [3.63, 3.8) is 0 Å². The van der Waals surface area contributed by atoms with Crippen LogP contribution in [0.5, 0.6) is 23.0 Å². The minimum absolute atomic E-state index is 0.270. The van der Waals surface area contributed by atoms with Crippen LogP contribution in [0.3, 0.4) is 0 Å². The Kier molecular flexibility index (Phi) is 6.73. The number of nitrogens with zero attached hydrogens (tertiary/aromatic N) is 1. The molecule has 5 atom stereocenters. The third-order valence-corrected chi connectivity index (χ3v) is 8.59. The third-order valence-electron chi connectivity index (χ3n) is 8.59. The topological polar surface area (TPSA) is 97.7 Å². The van der Waals surface area contributed by atoms with Crippen molar-refractivity contribution in [2.24, 2.45) is 5.92 Å². The van der Waals surface area contributed by atoms with Crippen molar-refractivity contribution >= 4 is 5.91 Å². The van der Waals surface area contributed by atoms with E-state index in [0.717, 1.165) is 11.1 Å². The second-order valence-corrected chi connectivity index (χ2v) is 10.4. The number of carbonyl (C=O) groups excluding carboxylic acids is 1. The largest absolute Gasteiger partial charge is 0.497 e. The van der Waals surface area contributed by atoms with E-state index in [9.17, 15) is 15.0 Å². The number of rotatable bonds is 7. The Labute approximate surface area is 228 Å². The van der Waals surface area contributed by atoms with Crippen molar-refractivity contribution in [3.8, 4) is 23.0 Å². The van der Waals surface area contributed by atoms with Crippen molar-refractivity contribution in [2.75, 3.05) is 42.5 Å². The predicted octanol–water partition coefficient (Wildman–Crippen LogP) is 3.27. The molecule has 0 aliphatic heterocycles. The lowest BCUT2D eigenvalue weighted by atomic mass is 9.62. The first kappa shape index (κ1) is 26.8. The van der Waals surface area contributed by atoms with E-state index in [2.05, 4.69) is 0 Å². The fraction of sp³-hybridized carbons (Fsp3) is 0.387. The maximum absolute atomic E-state index is 13.8. The molecule has 0 saturated heterocycles. The predicted molar refractivity (Wildman–Crippen MR) is 146 cm³/mol. The van der Waals surface area contributed by atoms with Gasteiger partial charge in [-0.2, -0.15) is 0 Å². The van der Waals surface area contributed by atoms with E-state index >= 15 is 0 Å². The zero-order valence-corrected chi connectivity index (χ0v) is 23.1. The third kappa shape index (κ3) is 3.62. The van der Waals surface area contributed by atoms with Crippen LogP contribution in [0.2, 0.25) is 0 Å². The first-order valence-electron chi connectivity index (χ1n) is 12.8. The number of benzene rings is 3. The van der Waals surface area contributed by atoms with Crippen LogP contribution in [0.1, 0.15) is 28.2 Å². The number of hydrogen-bond acceptors (Lipinski definition) is 7. The van der Waals surface area contributed by atoms with Gasteiger partial charge < -0.3 is 34.1 Å². The van der Waals surface area contributed by atoms with Gasteiger partial charge in [0.2, 0.25) is 5.91 Å². The van der Waals surface area contributed by atoms with E-state index in [4.69, 9.17) is 18.9 Å². The molecular weight excluding hydrogens is 498 g/mol. The summed E-state index contributed by atoms with van der Waals surface area (Å²) < 4.78 is 22.5. The Hall–Kier alpha value is -3.75. The number of aliphatic hydroxyl groups is 2. The quantitative estimate of drug-likeness (QED) is 0.481. The van der Waals surface area contributed by atoms with Gasteiger partial charge in [-0.1, -0.05) is 36.4 Å². The first-order valence-corrected chi connectivity index (χ1v) is 12.8. The molecule has 1 amide bonds. The van der Waals surface area contributed by atoms with Crippen molar-refractivity contribution in [3.05, 3.63) is 82.9 Å². The molecule has 1 fully saturated rings. The molecule has 3 aromatic rings. The van der Waals surface area contributed by atoms with Gasteiger partial charge in [0.25, 0.3) is 0 Å². The van der Waals surface area contributed by atoms with E-state index in [1.54, 1.807) is 47.6 Å². The molecule has 0 bridgehead atoms. The second-order valence-electron chi connectivity index (χ2n) is 10.4. The number of amides is 1. The van der Waals surface area contributed by atoms with Crippen LogP contribution in [-0.2, 0) is 22.2 Å². The highest BCUT2D eigenvalue weighted by Crippen LogP contribution is 2.70. The maximum atomic E-state index is 13.8. The lowest BCUT2D eigenvalue weighted by Gasteiger charge is -2.43. The first-order chi connectivity index (χ1) is 18.7. The number of ether oxygens (including phenoxy) is 4. The molecule has 8 nitrogen and oxygen atoms in total. The molecule has 0 unspecified atom stereocenters. The van der Waals surface area contributed by atoms with Gasteiger partial charge in [-0.25, -0.2) is 0 Å². The Bertz CT molecular complexity index is 1390. The number of fused-ring (bicyclic) bond motifs is 3. The summed E-state index contributed by atoms with van der Waals surface area (Å²) in [5.74, 6) is 0.159. The monoisotopic (exact) mass is 533 g/mol. The summed E-state index contributed by atoms with van der Waals surface area (Å²) in [6, 6.07) is 18.7. The fourth-order valence-corrected chi connectivity index (χ4v) is 7.01. The molecule has 2 aliphatic carbocycles. The minimum atomic E-state index is -1.89. The van der Waals surface area contributed by atoms with E-state index in [0.29, 0.717) is 40.5 Å². The van der Waals surface area contributed by atoms with Crippen molar-refractivity contribution in [1.29, 1.82) is 0 Å². The van der Waals surface area contributed by atoms with Gasteiger partial charge >= 0.3 is 0 Å². The minimum Gasteiger partial charge on any atom is -0.497 e. The van der Waals surface area contributed by atoms with E-state index in [-0.39, 0.29) is 5.91 Å². The van der Waals surface area contributed by atoms with Crippen molar-refractivity contribution in [1.82, 2.24) is 4.90 Å². The number of methoxy groups -OCH3 is 4. The van der Waals surface area contributed by atoms with Crippen LogP contribution in [0, 0.1) is 5.92 Å². The summed E-state index contributed by atoms with van der Waals surface area (Å²) in [7, 11) is 9.54. The average Bonchev–Trinajstić information content (AvgIpc) is 3.34. The van der Waals surface area contributed by atoms with Crippen molar-refractivity contribution < 1.29 is 34.0 Å². The summed E-state index contributed by atoms with van der Waals surface area (Å²) in [4.78, 5) is 15.3. The molecule has 5 rings (SSSR count). The molecule has 0 spiro atoms. The maximum Gasteiger partial charge on any atom is 0.228 e. The molecule has 2 aliphatic rings. The molecule has 0 aromatic heterocycles. The van der Waals surface area contributed by atoms with Crippen LogP contribution in [0.15, 0.2) is 60.7 Å². The molecular formula is C31H35NO7. The standard InChI is InChI=1S/C31H35NO7/c1-32(2)29(34)25-27(18-10-8-7-9-11-18)30(20-12-13-22(37-4)23(15-20)38-5)17-19-14-21(36-3)16-24(39-6)26(19)31(30,35)28(25)33/h7-16,25,27-28,33,35H,17H2,1-6H3/t25-,27-,28-,30-,31+/m1/s1. The lowest BCUT2D eigenvalue weighted by molar-refractivity contribution is -0.142. The van der Waals surface area contributed by atoms with Gasteiger partial charge in [-0.15, -0.1) is 0 Å². The molecule has 2 N–H and O–H groups in total. The van der Waals surface area contributed by atoms with Crippen LogP contribution in [-0.4, -0.2) is 69.7 Å². The van der Waals surface area contributed by atoms with Gasteiger partial charge in [0.15, 0.2) is 11.5 Å².